The van der Waals surface area contributed by atoms with Crippen LogP contribution in [-0.2, 0) is 16.7 Å². The zero-order chi connectivity index (χ0) is 28.3. The third-order valence-corrected chi connectivity index (χ3v) is 9.91. The molecule has 6 rings (SSSR count). The highest BCUT2D eigenvalue weighted by atomic mass is 32.2. The summed E-state index contributed by atoms with van der Waals surface area (Å²) in [6.07, 6.45) is 2.35. The van der Waals surface area contributed by atoms with E-state index in [-0.39, 0.29) is 4.90 Å². The molecule has 8 heteroatoms. The second-order valence-corrected chi connectivity index (χ2v) is 12.8. The fourth-order valence-electron chi connectivity index (χ4n) is 4.63. The molecule has 0 radical (unpaired) electrons. The summed E-state index contributed by atoms with van der Waals surface area (Å²) in [5.74, 6) is 0. The molecule has 0 aliphatic carbocycles. The van der Waals surface area contributed by atoms with Gasteiger partial charge in [-0.05, 0) is 56.7 Å². The Kier molecular flexibility index (Phi) is 8.42. The zero-order valence-corrected chi connectivity index (χ0v) is 25.0. The van der Waals surface area contributed by atoms with E-state index < -0.39 is 10.1 Å². The van der Waals surface area contributed by atoms with E-state index >= 15 is 0 Å². The fraction of sp³-hybridized carbons (Fsp3) is 0.156. The maximum Gasteiger partial charge on any atom is 0.212 e. The lowest BCUT2D eigenvalue weighted by Gasteiger charge is -2.16. The smallest absolute Gasteiger partial charge is 0.212 e. The predicted molar refractivity (Wildman–Crippen MR) is 166 cm³/mol. The van der Waals surface area contributed by atoms with Gasteiger partial charge in [-0.1, -0.05) is 71.9 Å². The molecule has 0 N–H and O–H groups in total. The van der Waals surface area contributed by atoms with Crippen molar-refractivity contribution in [2.24, 2.45) is 0 Å². The second-order valence-electron chi connectivity index (χ2n) is 9.30. The van der Waals surface area contributed by atoms with Gasteiger partial charge < -0.3 is 9.45 Å². The Balaban J connectivity index is 0.000000248. The predicted octanol–water partition coefficient (Wildman–Crippen LogP) is 7.71. The largest absolute Gasteiger partial charge is 0.744 e. The van der Waals surface area contributed by atoms with Gasteiger partial charge >= 0.3 is 0 Å². The Morgan fingerprint density at radius 3 is 2.27 bits per heavy atom. The number of rotatable bonds is 5. The monoisotopic (exact) mass is 586 g/mol. The molecular formula is C32H30N2O3S3. The minimum Gasteiger partial charge on any atom is -0.744 e. The van der Waals surface area contributed by atoms with Crippen molar-refractivity contribution in [2.75, 3.05) is 11.4 Å². The van der Waals surface area contributed by atoms with E-state index in [0.29, 0.717) is 0 Å². The van der Waals surface area contributed by atoms with Gasteiger partial charge in [-0.25, -0.2) is 8.42 Å². The minimum atomic E-state index is -4.27. The molecule has 40 heavy (non-hydrogen) atoms. The van der Waals surface area contributed by atoms with Gasteiger partial charge in [-0.3, -0.25) is 0 Å². The van der Waals surface area contributed by atoms with E-state index in [0.717, 1.165) is 18.7 Å². The van der Waals surface area contributed by atoms with Crippen molar-refractivity contribution in [1.82, 2.24) is 0 Å². The van der Waals surface area contributed by atoms with E-state index in [1.165, 1.54) is 54.1 Å². The fourth-order valence-corrected chi connectivity index (χ4v) is 7.73. The van der Waals surface area contributed by atoms with Crippen LogP contribution in [0.4, 0.5) is 5.00 Å². The number of aromatic nitrogens is 1. The summed E-state index contributed by atoms with van der Waals surface area (Å²) >= 11 is 3.78. The first-order chi connectivity index (χ1) is 19.3. The molecule has 0 atom stereocenters. The topological polar surface area (TPSA) is 64.3 Å². The molecule has 1 aliphatic rings. The Morgan fingerprint density at radius 1 is 0.900 bits per heavy atom. The number of hydrogen-bond acceptors (Lipinski definition) is 6. The molecule has 0 saturated carbocycles. The third-order valence-electron chi connectivity index (χ3n) is 6.65. The number of para-hydroxylation sites is 1. The molecule has 204 valence electrons. The van der Waals surface area contributed by atoms with Crippen molar-refractivity contribution in [3.8, 4) is 10.4 Å². The molecule has 5 nitrogen and oxygen atoms in total. The molecule has 0 unspecified atom stereocenters. The van der Waals surface area contributed by atoms with Gasteiger partial charge in [0.05, 0.1) is 9.92 Å². The summed E-state index contributed by atoms with van der Waals surface area (Å²) in [6.45, 7) is 8.20. The number of anilines is 1. The van der Waals surface area contributed by atoms with Crippen LogP contribution < -0.4 is 9.47 Å². The van der Waals surface area contributed by atoms with Crippen molar-refractivity contribution in [2.45, 2.75) is 37.1 Å². The average molecular weight is 587 g/mol. The molecular weight excluding hydrogens is 557 g/mol. The third kappa shape index (κ3) is 6.00. The molecule has 3 aromatic carbocycles. The van der Waals surface area contributed by atoms with E-state index in [4.69, 9.17) is 0 Å². The molecule has 0 fully saturated rings. The molecule has 1 aliphatic heterocycles. The van der Waals surface area contributed by atoms with Gasteiger partial charge in [0.1, 0.15) is 21.7 Å². The Morgan fingerprint density at radius 2 is 1.60 bits per heavy atom. The molecule has 2 aromatic heterocycles. The highest BCUT2D eigenvalue weighted by Crippen LogP contribution is 2.53. The van der Waals surface area contributed by atoms with Crippen molar-refractivity contribution >= 4 is 55.2 Å². The SMILES string of the molecule is CCN1C(=Cc2ccc3ccccc3[n+]2CC)Sc2cc(-c3ccccc3)sc21.Cc1ccc(S(=O)(=O)[O-])cc1. The van der Waals surface area contributed by atoms with Crippen LogP contribution in [-0.4, -0.2) is 19.5 Å². The first-order valence-corrected chi connectivity index (χ1v) is 16.1. The second kappa shape index (κ2) is 12.0. The maximum absolute atomic E-state index is 10.4. The van der Waals surface area contributed by atoms with E-state index in [9.17, 15) is 13.0 Å². The first-order valence-electron chi connectivity index (χ1n) is 13.1. The van der Waals surface area contributed by atoms with Gasteiger partial charge in [0.15, 0.2) is 0 Å². The first kappa shape index (κ1) is 28.1. The number of aryl methyl sites for hydroxylation is 2. The summed E-state index contributed by atoms with van der Waals surface area (Å²) in [4.78, 5) is 4.98. The van der Waals surface area contributed by atoms with Gasteiger partial charge in [-0.15, -0.1) is 11.3 Å². The van der Waals surface area contributed by atoms with Gasteiger partial charge in [0.25, 0.3) is 0 Å². The summed E-state index contributed by atoms with van der Waals surface area (Å²) in [5.41, 5.74) is 4.77. The Hall–Kier alpha value is -3.43. The average Bonchev–Trinajstić information content (AvgIpc) is 3.51. The number of fused-ring (bicyclic) bond motifs is 2. The number of benzene rings is 3. The van der Waals surface area contributed by atoms with Gasteiger partial charge in [0.2, 0.25) is 11.2 Å². The quantitative estimate of drug-likeness (QED) is 0.156. The van der Waals surface area contributed by atoms with Gasteiger partial charge in [0, 0.05) is 39.9 Å². The van der Waals surface area contributed by atoms with E-state index in [1.807, 2.05) is 30.0 Å². The summed E-state index contributed by atoms with van der Waals surface area (Å²) in [5, 5.41) is 3.96. The molecule has 0 saturated heterocycles. The van der Waals surface area contributed by atoms with E-state index in [2.05, 4.69) is 102 Å². The van der Waals surface area contributed by atoms with Crippen LogP contribution >= 0.6 is 23.1 Å². The van der Waals surface area contributed by atoms with Crippen LogP contribution in [0.2, 0.25) is 0 Å². The Bertz CT molecular complexity index is 1780. The molecule has 0 spiro atoms. The van der Waals surface area contributed by atoms with Crippen molar-refractivity contribution < 1.29 is 17.5 Å². The summed E-state index contributed by atoms with van der Waals surface area (Å²) in [7, 11) is -4.27. The van der Waals surface area contributed by atoms with E-state index in [1.54, 1.807) is 12.1 Å². The number of pyridine rings is 1. The summed E-state index contributed by atoms with van der Waals surface area (Å²) < 4.78 is 33.6. The maximum atomic E-state index is 10.4. The lowest BCUT2D eigenvalue weighted by molar-refractivity contribution is -0.669. The van der Waals surface area contributed by atoms with Crippen molar-refractivity contribution in [3.05, 3.63) is 113 Å². The number of thioether (sulfide) groups is 1. The van der Waals surface area contributed by atoms with Gasteiger partial charge in [-0.2, -0.15) is 4.57 Å². The van der Waals surface area contributed by atoms with Crippen LogP contribution in [0.5, 0.6) is 0 Å². The van der Waals surface area contributed by atoms with Crippen LogP contribution in [0.25, 0.3) is 27.4 Å². The summed E-state index contributed by atoms with van der Waals surface area (Å²) in [6, 6.07) is 31.9. The highest BCUT2D eigenvalue weighted by Gasteiger charge is 2.28. The lowest BCUT2D eigenvalue weighted by atomic mass is 10.2. The van der Waals surface area contributed by atoms with Crippen LogP contribution in [0, 0.1) is 6.92 Å². The normalized spacial score (nSPS) is 13.8. The zero-order valence-electron chi connectivity index (χ0n) is 22.6. The standard InChI is InChI=1S/C25H23N2S2.C7H8O3S/c1-3-26-20(15-14-18-10-8-9-13-21(18)26)16-24-27(4-2)25-23(28-24)17-22(29-25)19-11-6-5-7-12-19;1-6-2-4-7(5-3-6)11(8,9)10/h5-17H,3-4H2,1-2H3;2-5H,1H3,(H,8,9,10)/q+1;/p-1. The molecule has 5 aromatic rings. The number of thiophene rings is 1. The van der Waals surface area contributed by atoms with Crippen LogP contribution in [0.1, 0.15) is 25.1 Å². The molecule has 0 bridgehead atoms. The molecule has 3 heterocycles. The minimum absolute atomic E-state index is 0.178. The lowest BCUT2D eigenvalue weighted by Crippen LogP contribution is -2.36. The highest BCUT2D eigenvalue weighted by molar-refractivity contribution is 8.04. The van der Waals surface area contributed by atoms with Crippen LogP contribution in [0.15, 0.2) is 112 Å². The van der Waals surface area contributed by atoms with Crippen molar-refractivity contribution in [3.63, 3.8) is 0 Å². The Labute approximate surface area is 244 Å². The van der Waals surface area contributed by atoms with Crippen LogP contribution in [0.3, 0.4) is 0 Å². The number of nitrogens with zero attached hydrogens (tertiary/aromatic N) is 2. The molecule has 0 amide bonds. The van der Waals surface area contributed by atoms with Crippen molar-refractivity contribution in [1.29, 1.82) is 0 Å². The number of hydrogen-bond donors (Lipinski definition) is 0.